The second kappa shape index (κ2) is 6.72. The molecule has 2 rings (SSSR count). The summed E-state index contributed by atoms with van der Waals surface area (Å²) in [7, 11) is 1.55. The molecule has 3 nitrogen and oxygen atoms in total. The van der Waals surface area contributed by atoms with Gasteiger partial charge in [0.15, 0.2) is 0 Å². The third kappa shape index (κ3) is 3.82. The molecule has 21 heavy (non-hydrogen) atoms. The van der Waals surface area contributed by atoms with E-state index in [4.69, 9.17) is 9.47 Å². The van der Waals surface area contributed by atoms with E-state index < -0.39 is 11.8 Å². The average molecular weight is 353 g/mol. The van der Waals surface area contributed by atoms with Crippen LogP contribution in [0, 0.1) is 12.7 Å². The van der Waals surface area contributed by atoms with Gasteiger partial charge in [-0.1, -0.05) is 27.6 Å². The number of ether oxygens (including phenoxy) is 2. The number of halogens is 2. The maximum Gasteiger partial charge on any atom is 0.341 e. The summed E-state index contributed by atoms with van der Waals surface area (Å²) in [5.74, 6) is -0.695. The van der Waals surface area contributed by atoms with Crippen LogP contribution in [0.5, 0.6) is 5.75 Å². The van der Waals surface area contributed by atoms with Gasteiger partial charge in [-0.25, -0.2) is 9.18 Å². The van der Waals surface area contributed by atoms with Gasteiger partial charge in [0.1, 0.15) is 18.2 Å². The Balaban J connectivity index is 2.14. The summed E-state index contributed by atoms with van der Waals surface area (Å²) in [6, 6.07) is 9.70. The normalized spacial score (nSPS) is 10.3. The van der Waals surface area contributed by atoms with Crippen molar-refractivity contribution in [1.29, 1.82) is 0 Å². The number of methoxy groups -OCH3 is 1. The summed E-state index contributed by atoms with van der Waals surface area (Å²) in [6.45, 7) is 1.95. The number of hydrogen-bond acceptors (Lipinski definition) is 3. The van der Waals surface area contributed by atoms with Crippen molar-refractivity contribution in [3.63, 3.8) is 0 Å². The minimum absolute atomic E-state index is 0.0235. The maximum atomic E-state index is 13.6. The Labute approximate surface area is 130 Å². The van der Waals surface area contributed by atoms with Crippen molar-refractivity contribution >= 4 is 21.9 Å². The first-order valence-electron chi connectivity index (χ1n) is 6.27. The molecule has 0 saturated heterocycles. The summed E-state index contributed by atoms with van der Waals surface area (Å²) in [6.07, 6.45) is 0. The van der Waals surface area contributed by atoms with Crippen molar-refractivity contribution in [3.8, 4) is 5.75 Å². The monoisotopic (exact) mass is 352 g/mol. The first kappa shape index (κ1) is 15.5. The van der Waals surface area contributed by atoms with Crippen molar-refractivity contribution in [2.24, 2.45) is 0 Å². The highest BCUT2D eigenvalue weighted by Crippen LogP contribution is 2.22. The van der Waals surface area contributed by atoms with Gasteiger partial charge in [-0.3, -0.25) is 0 Å². The first-order valence-corrected chi connectivity index (χ1v) is 7.06. The molecule has 0 aromatic heterocycles. The van der Waals surface area contributed by atoms with Crippen LogP contribution in [0.3, 0.4) is 0 Å². The van der Waals surface area contributed by atoms with E-state index in [9.17, 15) is 9.18 Å². The van der Waals surface area contributed by atoms with Crippen LogP contribution in [0.1, 0.15) is 21.5 Å². The van der Waals surface area contributed by atoms with Crippen LogP contribution in [-0.4, -0.2) is 13.1 Å². The van der Waals surface area contributed by atoms with Crippen LogP contribution >= 0.6 is 15.9 Å². The maximum absolute atomic E-state index is 13.6. The number of rotatable bonds is 4. The summed E-state index contributed by atoms with van der Waals surface area (Å²) in [5, 5.41) is 0. The van der Waals surface area contributed by atoms with Gasteiger partial charge in [0, 0.05) is 10.0 Å². The summed E-state index contributed by atoms with van der Waals surface area (Å²) in [5.41, 5.74) is 1.66. The summed E-state index contributed by atoms with van der Waals surface area (Å²) < 4.78 is 24.6. The summed E-state index contributed by atoms with van der Waals surface area (Å²) in [4.78, 5) is 12.0. The standard InChI is InChI=1S/C16H14BrFO3/c1-10-3-6-15(20-2)11(7-10)9-21-16(19)13-8-12(17)4-5-14(13)18/h3-8H,9H2,1-2H3. The Bertz CT molecular complexity index is 671. The Kier molecular flexibility index (Phi) is 4.96. The van der Waals surface area contributed by atoms with Gasteiger partial charge in [0.2, 0.25) is 0 Å². The third-order valence-electron chi connectivity index (χ3n) is 2.94. The van der Waals surface area contributed by atoms with Crippen LogP contribution < -0.4 is 4.74 Å². The zero-order valence-electron chi connectivity index (χ0n) is 11.7. The average Bonchev–Trinajstić information content (AvgIpc) is 2.47. The molecule has 0 aliphatic heterocycles. The van der Waals surface area contributed by atoms with Crippen molar-refractivity contribution in [1.82, 2.24) is 0 Å². The van der Waals surface area contributed by atoms with E-state index in [0.717, 1.165) is 11.1 Å². The molecule has 2 aromatic rings. The Hall–Kier alpha value is -1.88. The largest absolute Gasteiger partial charge is 0.496 e. The second-order valence-electron chi connectivity index (χ2n) is 4.52. The molecular formula is C16H14BrFO3. The van der Waals surface area contributed by atoms with Crippen molar-refractivity contribution in [2.75, 3.05) is 7.11 Å². The van der Waals surface area contributed by atoms with E-state index in [2.05, 4.69) is 15.9 Å². The second-order valence-corrected chi connectivity index (χ2v) is 5.43. The Morgan fingerprint density at radius 3 is 2.71 bits per heavy atom. The highest BCUT2D eigenvalue weighted by Gasteiger charge is 2.15. The molecule has 0 N–H and O–H groups in total. The van der Waals surface area contributed by atoms with Crippen LogP contribution in [0.2, 0.25) is 0 Å². The number of aryl methyl sites for hydroxylation is 1. The molecule has 0 aliphatic carbocycles. The van der Waals surface area contributed by atoms with E-state index in [1.165, 1.54) is 18.2 Å². The highest BCUT2D eigenvalue weighted by molar-refractivity contribution is 9.10. The van der Waals surface area contributed by atoms with Crippen LogP contribution in [0.4, 0.5) is 4.39 Å². The molecular weight excluding hydrogens is 339 g/mol. The van der Waals surface area contributed by atoms with Gasteiger partial charge in [0.05, 0.1) is 12.7 Å². The number of carbonyl (C=O) groups excluding carboxylic acids is 1. The van der Waals surface area contributed by atoms with Gasteiger partial charge < -0.3 is 9.47 Å². The lowest BCUT2D eigenvalue weighted by Crippen LogP contribution is -2.08. The minimum atomic E-state index is -0.711. The zero-order valence-corrected chi connectivity index (χ0v) is 13.2. The predicted octanol–water partition coefficient (Wildman–Crippen LogP) is 4.26. The fourth-order valence-electron chi connectivity index (χ4n) is 1.90. The zero-order chi connectivity index (χ0) is 15.4. The number of benzene rings is 2. The molecule has 0 bridgehead atoms. The molecule has 0 fully saturated rings. The van der Waals surface area contributed by atoms with Crippen molar-refractivity contribution < 1.29 is 18.7 Å². The van der Waals surface area contributed by atoms with Crippen LogP contribution in [0.25, 0.3) is 0 Å². The Morgan fingerprint density at radius 2 is 2.00 bits per heavy atom. The van der Waals surface area contributed by atoms with E-state index in [0.29, 0.717) is 10.2 Å². The molecule has 0 atom stereocenters. The number of carbonyl (C=O) groups is 1. The fourth-order valence-corrected chi connectivity index (χ4v) is 2.26. The predicted molar refractivity (Wildman–Crippen MR) is 81.0 cm³/mol. The SMILES string of the molecule is COc1ccc(C)cc1COC(=O)c1cc(Br)ccc1F. The lowest BCUT2D eigenvalue weighted by Gasteiger charge is -2.10. The molecule has 0 amide bonds. The molecule has 0 spiro atoms. The van der Waals surface area contributed by atoms with Gasteiger partial charge in [0.25, 0.3) is 0 Å². The van der Waals surface area contributed by atoms with Gasteiger partial charge in [-0.15, -0.1) is 0 Å². The van der Waals surface area contributed by atoms with Crippen molar-refractivity contribution in [2.45, 2.75) is 13.5 Å². The highest BCUT2D eigenvalue weighted by atomic mass is 79.9. The number of hydrogen-bond donors (Lipinski definition) is 0. The van der Waals surface area contributed by atoms with Crippen LogP contribution in [-0.2, 0) is 11.3 Å². The first-order chi connectivity index (χ1) is 10.0. The molecule has 2 aromatic carbocycles. The summed E-state index contributed by atoms with van der Waals surface area (Å²) >= 11 is 3.20. The third-order valence-corrected chi connectivity index (χ3v) is 3.44. The van der Waals surface area contributed by atoms with Crippen LogP contribution in [0.15, 0.2) is 40.9 Å². The molecule has 0 saturated carbocycles. The Morgan fingerprint density at radius 1 is 1.24 bits per heavy atom. The van der Waals surface area contributed by atoms with Gasteiger partial charge in [-0.05, 0) is 37.3 Å². The molecule has 0 heterocycles. The van der Waals surface area contributed by atoms with E-state index >= 15 is 0 Å². The number of esters is 1. The molecule has 110 valence electrons. The smallest absolute Gasteiger partial charge is 0.341 e. The minimum Gasteiger partial charge on any atom is -0.496 e. The lowest BCUT2D eigenvalue weighted by atomic mass is 10.1. The molecule has 5 heteroatoms. The topological polar surface area (TPSA) is 35.5 Å². The molecule has 0 aliphatic rings. The molecule has 0 unspecified atom stereocenters. The van der Waals surface area contributed by atoms with E-state index in [1.54, 1.807) is 13.2 Å². The molecule has 0 radical (unpaired) electrons. The lowest BCUT2D eigenvalue weighted by molar-refractivity contribution is 0.0464. The quantitative estimate of drug-likeness (QED) is 0.771. The van der Waals surface area contributed by atoms with E-state index in [-0.39, 0.29) is 12.2 Å². The fraction of sp³-hybridized carbons (Fsp3) is 0.188. The van der Waals surface area contributed by atoms with Gasteiger partial charge >= 0.3 is 5.97 Å². The van der Waals surface area contributed by atoms with Crippen molar-refractivity contribution in [3.05, 3.63) is 63.4 Å². The van der Waals surface area contributed by atoms with Gasteiger partial charge in [-0.2, -0.15) is 0 Å². The van der Waals surface area contributed by atoms with E-state index in [1.807, 2.05) is 19.1 Å².